The summed E-state index contributed by atoms with van der Waals surface area (Å²) >= 11 is 0. The van der Waals surface area contributed by atoms with Crippen LogP contribution in [-0.4, -0.2) is 31.3 Å². The highest BCUT2D eigenvalue weighted by molar-refractivity contribution is 6.37. The Labute approximate surface area is 70.1 Å². The molecule has 0 atom stereocenters. The van der Waals surface area contributed by atoms with Crippen molar-refractivity contribution in [2.75, 3.05) is 13.7 Å². The molecule has 0 aromatic rings. The molecular formula is C6H12N4O2. The van der Waals surface area contributed by atoms with Crippen molar-refractivity contribution in [1.29, 1.82) is 10.8 Å². The van der Waals surface area contributed by atoms with Crippen molar-refractivity contribution in [2.24, 2.45) is 5.73 Å². The molecule has 0 saturated heterocycles. The number of ether oxygens (including phenoxy) is 1. The summed E-state index contributed by atoms with van der Waals surface area (Å²) in [4.78, 5) is 10.5. The maximum absolute atomic E-state index is 10.5. The van der Waals surface area contributed by atoms with Gasteiger partial charge >= 0.3 is 5.97 Å². The van der Waals surface area contributed by atoms with Crippen LogP contribution in [0.4, 0.5) is 0 Å². The molecule has 0 rings (SSSR count). The Hall–Kier alpha value is -1.59. The van der Waals surface area contributed by atoms with Gasteiger partial charge < -0.3 is 15.8 Å². The van der Waals surface area contributed by atoms with Crippen LogP contribution in [0.1, 0.15) is 6.42 Å². The SMILES string of the molecule is COC(=O)CCNC(=N)C(=N)N. The highest BCUT2D eigenvalue weighted by Gasteiger charge is 2.01. The first-order valence-corrected chi connectivity index (χ1v) is 3.31. The minimum absolute atomic E-state index is 0.159. The van der Waals surface area contributed by atoms with Gasteiger partial charge in [0.15, 0.2) is 11.7 Å². The lowest BCUT2D eigenvalue weighted by Gasteiger charge is -2.04. The summed E-state index contributed by atoms with van der Waals surface area (Å²) in [6.07, 6.45) is 0.159. The molecule has 0 unspecified atom stereocenters. The standard InChI is InChI=1S/C6H12N4O2/c1-12-4(11)2-3-10-6(9)5(7)8/h2-3H2,1H3,(H3,7,8)(H2,9,10). The Kier molecular flexibility index (Phi) is 4.43. The highest BCUT2D eigenvalue weighted by Crippen LogP contribution is 1.80. The van der Waals surface area contributed by atoms with E-state index in [9.17, 15) is 4.79 Å². The van der Waals surface area contributed by atoms with Crippen LogP contribution in [0.25, 0.3) is 0 Å². The molecule has 6 heteroatoms. The van der Waals surface area contributed by atoms with Gasteiger partial charge in [-0.1, -0.05) is 0 Å². The van der Waals surface area contributed by atoms with Crippen molar-refractivity contribution >= 4 is 17.6 Å². The molecule has 0 saturated carbocycles. The van der Waals surface area contributed by atoms with Gasteiger partial charge in [0.05, 0.1) is 13.5 Å². The number of nitrogens with two attached hydrogens (primary N) is 1. The highest BCUT2D eigenvalue weighted by atomic mass is 16.5. The van der Waals surface area contributed by atoms with Crippen molar-refractivity contribution in [1.82, 2.24) is 5.32 Å². The van der Waals surface area contributed by atoms with Gasteiger partial charge in [-0.05, 0) is 0 Å². The summed E-state index contributed by atoms with van der Waals surface area (Å²) in [5, 5.41) is 16.3. The van der Waals surface area contributed by atoms with Gasteiger partial charge in [0, 0.05) is 6.54 Å². The smallest absolute Gasteiger partial charge is 0.307 e. The second-order valence-electron chi connectivity index (χ2n) is 2.04. The van der Waals surface area contributed by atoms with Gasteiger partial charge in [-0.15, -0.1) is 0 Å². The monoisotopic (exact) mass is 172 g/mol. The molecule has 5 N–H and O–H groups in total. The Bertz CT molecular complexity index is 202. The van der Waals surface area contributed by atoms with Crippen LogP contribution in [0.2, 0.25) is 0 Å². The van der Waals surface area contributed by atoms with E-state index in [0.717, 1.165) is 0 Å². The van der Waals surface area contributed by atoms with Gasteiger partial charge in [-0.25, -0.2) is 0 Å². The van der Waals surface area contributed by atoms with Gasteiger partial charge in [-0.3, -0.25) is 15.6 Å². The van der Waals surface area contributed by atoms with Crippen molar-refractivity contribution < 1.29 is 9.53 Å². The average Bonchev–Trinajstić information content (AvgIpc) is 2.03. The quantitative estimate of drug-likeness (QED) is 0.250. The lowest BCUT2D eigenvalue weighted by Crippen LogP contribution is -2.36. The Morgan fingerprint density at radius 2 is 2.17 bits per heavy atom. The number of carbonyl (C=O) groups is 1. The summed E-state index contributed by atoms with van der Waals surface area (Å²) in [6, 6.07) is 0. The van der Waals surface area contributed by atoms with Gasteiger partial charge in [0.25, 0.3) is 0 Å². The minimum Gasteiger partial charge on any atom is -0.469 e. The summed E-state index contributed by atoms with van der Waals surface area (Å²) in [7, 11) is 1.29. The lowest BCUT2D eigenvalue weighted by atomic mass is 10.4. The number of methoxy groups -OCH3 is 1. The van der Waals surface area contributed by atoms with E-state index in [2.05, 4.69) is 10.1 Å². The molecule has 0 spiro atoms. The van der Waals surface area contributed by atoms with E-state index in [-0.39, 0.29) is 30.6 Å². The van der Waals surface area contributed by atoms with Crippen molar-refractivity contribution in [3.8, 4) is 0 Å². The number of esters is 1. The maximum Gasteiger partial charge on any atom is 0.307 e. The second kappa shape index (κ2) is 5.11. The van der Waals surface area contributed by atoms with Crippen LogP contribution in [0.15, 0.2) is 0 Å². The lowest BCUT2D eigenvalue weighted by molar-refractivity contribution is -0.140. The number of hydrogen-bond acceptors (Lipinski definition) is 4. The first-order chi connectivity index (χ1) is 5.57. The van der Waals surface area contributed by atoms with Crippen molar-refractivity contribution in [3.05, 3.63) is 0 Å². The largest absolute Gasteiger partial charge is 0.469 e. The molecule has 0 amide bonds. The molecule has 68 valence electrons. The normalized spacial score (nSPS) is 8.75. The Balaban J connectivity index is 3.50. The molecule has 0 aromatic carbocycles. The number of amidine groups is 2. The summed E-state index contributed by atoms with van der Waals surface area (Å²) in [5.74, 6) is -0.891. The van der Waals surface area contributed by atoms with Crippen LogP contribution >= 0.6 is 0 Å². The number of hydrogen-bond donors (Lipinski definition) is 4. The molecule has 0 aliphatic rings. The van der Waals surface area contributed by atoms with Gasteiger partial charge in [0.2, 0.25) is 0 Å². The molecule has 0 aliphatic heterocycles. The van der Waals surface area contributed by atoms with E-state index in [1.807, 2.05) is 0 Å². The van der Waals surface area contributed by atoms with E-state index in [1.54, 1.807) is 0 Å². The van der Waals surface area contributed by atoms with E-state index in [0.29, 0.717) is 0 Å². The molecule has 0 bridgehead atoms. The van der Waals surface area contributed by atoms with Crippen LogP contribution in [-0.2, 0) is 9.53 Å². The molecule has 0 heterocycles. The van der Waals surface area contributed by atoms with Crippen molar-refractivity contribution in [3.63, 3.8) is 0 Å². The molecule has 0 radical (unpaired) electrons. The zero-order chi connectivity index (χ0) is 9.56. The third-order valence-electron chi connectivity index (χ3n) is 1.13. The summed E-state index contributed by atoms with van der Waals surface area (Å²) in [5.41, 5.74) is 4.97. The molecule has 0 aliphatic carbocycles. The van der Waals surface area contributed by atoms with Crippen LogP contribution < -0.4 is 11.1 Å². The topological polar surface area (TPSA) is 112 Å². The predicted molar refractivity (Wildman–Crippen MR) is 44.3 cm³/mol. The average molecular weight is 172 g/mol. The fourth-order valence-electron chi connectivity index (χ4n) is 0.487. The summed E-state index contributed by atoms with van der Waals surface area (Å²) < 4.78 is 4.36. The maximum atomic E-state index is 10.5. The second-order valence-corrected chi connectivity index (χ2v) is 2.04. The molecule has 0 fully saturated rings. The van der Waals surface area contributed by atoms with E-state index in [1.165, 1.54) is 7.11 Å². The zero-order valence-electron chi connectivity index (χ0n) is 6.81. The fraction of sp³-hybridized carbons (Fsp3) is 0.500. The fourth-order valence-corrected chi connectivity index (χ4v) is 0.487. The predicted octanol–water partition coefficient (Wildman–Crippen LogP) is -0.948. The van der Waals surface area contributed by atoms with Crippen LogP contribution in [0.3, 0.4) is 0 Å². The summed E-state index contributed by atoms with van der Waals surface area (Å²) in [6.45, 7) is 0.255. The van der Waals surface area contributed by atoms with Crippen LogP contribution in [0, 0.1) is 10.8 Å². The molecule has 6 nitrogen and oxygen atoms in total. The van der Waals surface area contributed by atoms with Gasteiger partial charge in [0.1, 0.15) is 0 Å². The zero-order valence-corrected chi connectivity index (χ0v) is 6.81. The first kappa shape index (κ1) is 10.4. The van der Waals surface area contributed by atoms with E-state index < -0.39 is 0 Å². The number of carbonyl (C=O) groups excluding carboxylic acids is 1. The number of rotatable bonds is 3. The van der Waals surface area contributed by atoms with Crippen LogP contribution in [0.5, 0.6) is 0 Å². The third-order valence-corrected chi connectivity index (χ3v) is 1.13. The molecule has 12 heavy (non-hydrogen) atoms. The Morgan fingerprint density at radius 3 is 2.58 bits per heavy atom. The number of nitrogens with one attached hydrogen (secondary N) is 3. The minimum atomic E-state index is -0.362. The molecule has 0 aromatic heterocycles. The van der Waals surface area contributed by atoms with Gasteiger partial charge in [-0.2, -0.15) is 0 Å². The molecular weight excluding hydrogens is 160 g/mol. The van der Waals surface area contributed by atoms with Crippen molar-refractivity contribution in [2.45, 2.75) is 6.42 Å². The van der Waals surface area contributed by atoms with E-state index in [4.69, 9.17) is 16.6 Å². The third kappa shape index (κ3) is 4.26. The Morgan fingerprint density at radius 1 is 1.58 bits per heavy atom. The first-order valence-electron chi connectivity index (χ1n) is 3.31. The van der Waals surface area contributed by atoms with E-state index >= 15 is 0 Å².